The SMILES string of the molecule is Cc1cc(C(F)(F)F)n2nc(C(=O)N3CCN(Cc4cccc(C(F)(F)F)c4)CC3)cc2n1. The Labute approximate surface area is 184 Å². The molecule has 3 heterocycles. The van der Waals surface area contributed by atoms with Gasteiger partial charge in [0.05, 0.1) is 5.56 Å². The molecule has 1 amide bonds. The van der Waals surface area contributed by atoms with Gasteiger partial charge in [0.25, 0.3) is 5.91 Å². The van der Waals surface area contributed by atoms with Gasteiger partial charge in [-0.05, 0) is 24.6 Å². The Morgan fingerprint density at radius 2 is 1.67 bits per heavy atom. The van der Waals surface area contributed by atoms with Crippen LogP contribution < -0.4 is 0 Å². The quantitative estimate of drug-likeness (QED) is 0.542. The van der Waals surface area contributed by atoms with Crippen molar-refractivity contribution in [2.24, 2.45) is 0 Å². The molecule has 1 aliphatic heterocycles. The van der Waals surface area contributed by atoms with E-state index >= 15 is 0 Å². The molecule has 2 aromatic heterocycles. The third-order valence-electron chi connectivity index (χ3n) is 5.38. The lowest BCUT2D eigenvalue weighted by atomic mass is 10.1. The molecular formula is C21H19F6N5O. The van der Waals surface area contributed by atoms with Crippen LogP contribution in [-0.2, 0) is 18.9 Å². The molecule has 33 heavy (non-hydrogen) atoms. The van der Waals surface area contributed by atoms with E-state index in [9.17, 15) is 31.1 Å². The average Bonchev–Trinajstić information content (AvgIpc) is 3.16. The van der Waals surface area contributed by atoms with Crippen LogP contribution in [0.5, 0.6) is 0 Å². The minimum atomic E-state index is -4.66. The van der Waals surface area contributed by atoms with Crippen LogP contribution in [0.2, 0.25) is 0 Å². The number of carbonyl (C=O) groups is 1. The van der Waals surface area contributed by atoms with E-state index in [-0.39, 0.29) is 30.1 Å². The summed E-state index contributed by atoms with van der Waals surface area (Å²) in [5, 5.41) is 3.84. The Kier molecular flexibility index (Phi) is 5.81. The molecule has 0 unspecified atom stereocenters. The number of hydrogen-bond acceptors (Lipinski definition) is 4. The molecule has 0 N–H and O–H groups in total. The van der Waals surface area contributed by atoms with Gasteiger partial charge in [-0.1, -0.05) is 18.2 Å². The first kappa shape index (κ1) is 23.0. The van der Waals surface area contributed by atoms with Crippen molar-refractivity contribution < 1.29 is 31.1 Å². The van der Waals surface area contributed by atoms with Crippen molar-refractivity contribution >= 4 is 11.6 Å². The van der Waals surface area contributed by atoms with Crippen LogP contribution in [0.25, 0.3) is 5.65 Å². The molecule has 0 atom stereocenters. The van der Waals surface area contributed by atoms with Crippen molar-refractivity contribution in [3.63, 3.8) is 0 Å². The number of rotatable bonds is 3. The molecule has 6 nitrogen and oxygen atoms in total. The first-order chi connectivity index (χ1) is 15.4. The van der Waals surface area contributed by atoms with Crippen molar-refractivity contribution in [1.82, 2.24) is 24.4 Å². The zero-order valence-electron chi connectivity index (χ0n) is 17.4. The van der Waals surface area contributed by atoms with Crippen molar-refractivity contribution in [3.05, 3.63) is 64.6 Å². The van der Waals surface area contributed by atoms with Gasteiger partial charge in [0, 0.05) is 44.5 Å². The number of hydrogen-bond donors (Lipinski definition) is 0. The lowest BCUT2D eigenvalue weighted by Gasteiger charge is -2.34. The molecule has 0 bridgehead atoms. The van der Waals surface area contributed by atoms with E-state index in [0.717, 1.165) is 18.2 Å². The highest BCUT2D eigenvalue weighted by atomic mass is 19.4. The van der Waals surface area contributed by atoms with Crippen LogP contribution in [0.4, 0.5) is 26.3 Å². The number of nitrogens with zero attached hydrogens (tertiary/aromatic N) is 5. The molecule has 1 aliphatic rings. The number of aryl methyl sites for hydroxylation is 1. The maximum Gasteiger partial charge on any atom is 0.433 e. The van der Waals surface area contributed by atoms with Crippen LogP contribution >= 0.6 is 0 Å². The minimum Gasteiger partial charge on any atom is -0.335 e. The summed E-state index contributed by atoms with van der Waals surface area (Å²) in [7, 11) is 0. The largest absolute Gasteiger partial charge is 0.433 e. The summed E-state index contributed by atoms with van der Waals surface area (Å²) in [5.74, 6) is -0.523. The third kappa shape index (κ3) is 4.95. The fraction of sp³-hybridized carbons (Fsp3) is 0.381. The second-order valence-electron chi connectivity index (χ2n) is 7.85. The molecule has 12 heteroatoms. The number of carbonyl (C=O) groups excluding carboxylic acids is 1. The fourth-order valence-corrected chi connectivity index (χ4v) is 3.78. The fourth-order valence-electron chi connectivity index (χ4n) is 3.78. The average molecular weight is 471 g/mol. The molecule has 0 aliphatic carbocycles. The molecule has 1 saturated heterocycles. The Morgan fingerprint density at radius 1 is 0.970 bits per heavy atom. The second-order valence-corrected chi connectivity index (χ2v) is 7.85. The summed E-state index contributed by atoms with van der Waals surface area (Å²) in [5.41, 5.74) is -1.31. The highest BCUT2D eigenvalue weighted by molar-refractivity contribution is 5.93. The number of aromatic nitrogens is 3. The molecule has 1 aromatic carbocycles. The van der Waals surface area contributed by atoms with Crippen LogP contribution in [0.1, 0.15) is 33.0 Å². The van der Waals surface area contributed by atoms with E-state index in [2.05, 4.69) is 10.1 Å². The van der Waals surface area contributed by atoms with E-state index in [4.69, 9.17) is 0 Å². The highest BCUT2D eigenvalue weighted by Crippen LogP contribution is 2.31. The normalized spacial score (nSPS) is 15.9. The summed E-state index contributed by atoms with van der Waals surface area (Å²) in [6, 6.07) is 7.15. The van der Waals surface area contributed by atoms with Crippen molar-refractivity contribution in [2.45, 2.75) is 25.8 Å². The summed E-state index contributed by atoms with van der Waals surface area (Å²) in [6.45, 7) is 3.06. The maximum atomic E-state index is 13.3. The van der Waals surface area contributed by atoms with Gasteiger partial charge in [0.15, 0.2) is 11.3 Å². The molecule has 0 spiro atoms. The van der Waals surface area contributed by atoms with Crippen LogP contribution in [0, 0.1) is 6.92 Å². The van der Waals surface area contributed by atoms with Gasteiger partial charge < -0.3 is 4.90 Å². The standard InChI is InChI=1S/C21H19F6N5O/c1-13-9-17(21(25,26)27)32-18(28-13)11-16(29-32)19(33)31-7-5-30(6-8-31)12-14-3-2-4-15(10-14)20(22,23)24/h2-4,9-11H,5-8,12H2,1H3. The number of benzene rings is 1. The molecule has 0 radical (unpaired) electrons. The van der Waals surface area contributed by atoms with Gasteiger partial charge in [-0.3, -0.25) is 9.69 Å². The van der Waals surface area contributed by atoms with Crippen molar-refractivity contribution in [3.8, 4) is 0 Å². The summed E-state index contributed by atoms with van der Waals surface area (Å²) in [4.78, 5) is 20.2. The van der Waals surface area contributed by atoms with Gasteiger partial charge >= 0.3 is 12.4 Å². The third-order valence-corrected chi connectivity index (χ3v) is 5.38. The van der Waals surface area contributed by atoms with Crippen LogP contribution in [0.15, 0.2) is 36.4 Å². The Balaban J connectivity index is 1.44. The maximum absolute atomic E-state index is 13.3. The van der Waals surface area contributed by atoms with Crippen molar-refractivity contribution in [2.75, 3.05) is 26.2 Å². The highest BCUT2D eigenvalue weighted by Gasteiger charge is 2.36. The Hall–Kier alpha value is -3.15. The van der Waals surface area contributed by atoms with E-state index in [0.29, 0.717) is 29.7 Å². The topological polar surface area (TPSA) is 53.7 Å². The predicted molar refractivity (Wildman–Crippen MR) is 105 cm³/mol. The number of alkyl halides is 6. The monoisotopic (exact) mass is 471 g/mol. The molecular weight excluding hydrogens is 452 g/mol. The van der Waals surface area contributed by atoms with Gasteiger partial charge in [0.1, 0.15) is 5.69 Å². The van der Waals surface area contributed by atoms with Gasteiger partial charge in [-0.15, -0.1) is 0 Å². The first-order valence-corrected chi connectivity index (χ1v) is 10.0. The molecule has 0 saturated carbocycles. The molecule has 4 rings (SSSR count). The van der Waals surface area contributed by atoms with Gasteiger partial charge in [-0.25, -0.2) is 9.50 Å². The Bertz CT molecular complexity index is 1180. The molecule has 3 aromatic rings. The van der Waals surface area contributed by atoms with Crippen molar-refractivity contribution in [1.29, 1.82) is 0 Å². The lowest BCUT2D eigenvalue weighted by molar-refractivity contribution is -0.142. The number of fused-ring (bicyclic) bond motifs is 1. The van der Waals surface area contributed by atoms with E-state index in [1.807, 2.05) is 4.90 Å². The van der Waals surface area contributed by atoms with Gasteiger partial charge in [-0.2, -0.15) is 31.4 Å². The number of piperazine rings is 1. The summed E-state index contributed by atoms with van der Waals surface area (Å²) < 4.78 is 79.3. The molecule has 1 fully saturated rings. The second kappa shape index (κ2) is 8.32. The smallest absolute Gasteiger partial charge is 0.335 e. The van der Waals surface area contributed by atoms with E-state index < -0.39 is 29.5 Å². The van der Waals surface area contributed by atoms with E-state index in [1.165, 1.54) is 24.0 Å². The summed E-state index contributed by atoms with van der Waals surface area (Å²) in [6.07, 6.45) is -9.08. The minimum absolute atomic E-state index is 0.0751. The van der Waals surface area contributed by atoms with E-state index in [1.54, 1.807) is 6.07 Å². The zero-order valence-corrected chi connectivity index (χ0v) is 17.4. The number of halogens is 6. The van der Waals surface area contributed by atoms with Crippen LogP contribution in [-0.4, -0.2) is 56.5 Å². The van der Waals surface area contributed by atoms with Crippen LogP contribution in [0.3, 0.4) is 0 Å². The lowest BCUT2D eigenvalue weighted by Crippen LogP contribution is -2.48. The molecule has 176 valence electrons. The Morgan fingerprint density at radius 3 is 2.30 bits per heavy atom. The predicted octanol–water partition coefficient (Wildman–Crippen LogP) is 4.03. The van der Waals surface area contributed by atoms with Gasteiger partial charge in [0.2, 0.25) is 0 Å². The summed E-state index contributed by atoms with van der Waals surface area (Å²) >= 11 is 0. The first-order valence-electron chi connectivity index (χ1n) is 10.0. The zero-order chi connectivity index (χ0) is 24.0. The number of amides is 1.